The number of carbonyl (C=O) groups excluding carboxylic acids is 4. The van der Waals surface area contributed by atoms with Gasteiger partial charge in [-0.1, -0.05) is 108 Å². The molecule has 250 valence electrons. The van der Waals surface area contributed by atoms with Crippen LogP contribution in [-0.4, -0.2) is 65.0 Å². The fourth-order valence-electron chi connectivity index (χ4n) is 6.62. The SMILES string of the molecule is Cc1ccc(C(C(=O)N[C@@H](Cc2cccc(C)c2)C(=O)N2CCCN(C(=O)c3csc4ccccc34)CC(=O)C2C)c2ccccc2)cc1. The molecule has 1 aliphatic heterocycles. The van der Waals surface area contributed by atoms with Gasteiger partial charge in [-0.2, -0.15) is 0 Å². The van der Waals surface area contributed by atoms with Crippen molar-refractivity contribution in [2.75, 3.05) is 19.6 Å². The van der Waals surface area contributed by atoms with E-state index in [1.54, 1.807) is 16.7 Å². The molecule has 7 nitrogen and oxygen atoms in total. The smallest absolute Gasteiger partial charge is 0.255 e. The van der Waals surface area contributed by atoms with Crippen molar-refractivity contribution in [3.63, 3.8) is 0 Å². The van der Waals surface area contributed by atoms with Crippen LogP contribution in [0.4, 0.5) is 0 Å². The molecule has 8 heteroatoms. The van der Waals surface area contributed by atoms with Crippen molar-refractivity contribution in [3.05, 3.63) is 142 Å². The van der Waals surface area contributed by atoms with Crippen LogP contribution < -0.4 is 5.32 Å². The third-order valence-corrected chi connectivity index (χ3v) is 10.3. The molecular formula is C41H41N3O4S. The molecule has 1 saturated heterocycles. The number of fused-ring (bicyclic) bond motifs is 1. The Hall–Kier alpha value is -5.08. The number of hydrogen-bond acceptors (Lipinski definition) is 5. The molecule has 3 amide bonds. The van der Waals surface area contributed by atoms with E-state index in [-0.39, 0.29) is 43.0 Å². The standard InChI is InChI=1S/C41H41N3O4S/c1-27-17-19-32(20-18-27)38(31-13-5-4-6-14-31)39(46)42-35(24-30-12-9-11-28(2)23-30)41(48)44-22-10-21-43(25-36(45)29(44)3)40(47)34-26-49-37-16-8-7-15-33(34)37/h4-9,11-20,23,26,29,35,38H,10,21-22,24-25H2,1-3H3,(H,42,46)/t29?,35-,38?/m0/s1. The summed E-state index contributed by atoms with van der Waals surface area (Å²) in [4.78, 5) is 59.3. The number of aryl methyl sites for hydroxylation is 2. The molecule has 4 aromatic carbocycles. The first kappa shape index (κ1) is 33.8. The minimum atomic E-state index is -0.907. The number of nitrogens with one attached hydrogen (secondary N) is 1. The number of Topliss-reactive ketones (excluding diaryl/α,β-unsaturated/α-hetero) is 1. The number of nitrogens with zero attached hydrogens (tertiary/aromatic N) is 2. The van der Waals surface area contributed by atoms with Crippen LogP contribution >= 0.6 is 11.3 Å². The fourth-order valence-corrected chi connectivity index (χ4v) is 7.55. The van der Waals surface area contributed by atoms with Crippen molar-refractivity contribution in [3.8, 4) is 0 Å². The molecule has 0 spiro atoms. The minimum absolute atomic E-state index is 0.0909. The summed E-state index contributed by atoms with van der Waals surface area (Å²) in [5.74, 6) is -1.62. The average Bonchev–Trinajstić information content (AvgIpc) is 3.53. The molecule has 1 fully saturated rings. The van der Waals surface area contributed by atoms with Gasteiger partial charge in [-0.05, 0) is 49.9 Å². The third-order valence-electron chi connectivity index (χ3n) is 9.33. The monoisotopic (exact) mass is 671 g/mol. The maximum Gasteiger partial charge on any atom is 0.255 e. The zero-order valence-electron chi connectivity index (χ0n) is 28.1. The molecule has 6 rings (SSSR count). The van der Waals surface area contributed by atoms with Crippen LogP contribution in [0.15, 0.2) is 109 Å². The summed E-state index contributed by atoms with van der Waals surface area (Å²) in [6.07, 6.45) is 0.771. The molecule has 1 aliphatic rings. The quantitative estimate of drug-likeness (QED) is 0.199. The molecule has 0 bridgehead atoms. The van der Waals surface area contributed by atoms with Crippen LogP contribution in [0.25, 0.3) is 10.1 Å². The predicted molar refractivity (Wildman–Crippen MR) is 195 cm³/mol. The van der Waals surface area contributed by atoms with E-state index in [0.717, 1.165) is 37.9 Å². The highest BCUT2D eigenvalue weighted by Gasteiger charge is 2.36. The molecule has 1 aromatic heterocycles. The van der Waals surface area contributed by atoms with Crippen LogP contribution in [-0.2, 0) is 20.8 Å². The summed E-state index contributed by atoms with van der Waals surface area (Å²) in [7, 11) is 0. The molecular weight excluding hydrogens is 631 g/mol. The largest absolute Gasteiger partial charge is 0.343 e. The molecule has 3 atom stereocenters. The van der Waals surface area contributed by atoms with Crippen molar-refractivity contribution in [1.82, 2.24) is 15.1 Å². The number of ketones is 1. The maximum absolute atomic E-state index is 14.5. The van der Waals surface area contributed by atoms with E-state index >= 15 is 0 Å². The Morgan fingerprint density at radius 3 is 2.31 bits per heavy atom. The van der Waals surface area contributed by atoms with Gasteiger partial charge in [-0.25, -0.2) is 0 Å². The summed E-state index contributed by atoms with van der Waals surface area (Å²) in [6.45, 7) is 6.24. The molecule has 0 aliphatic carbocycles. The maximum atomic E-state index is 14.5. The van der Waals surface area contributed by atoms with Crippen LogP contribution in [0, 0.1) is 13.8 Å². The molecule has 2 unspecified atom stereocenters. The second kappa shape index (κ2) is 15.0. The van der Waals surface area contributed by atoms with E-state index in [9.17, 15) is 19.2 Å². The van der Waals surface area contributed by atoms with Crippen molar-refractivity contribution in [2.24, 2.45) is 0 Å². The highest BCUT2D eigenvalue weighted by Crippen LogP contribution is 2.28. The first-order valence-electron chi connectivity index (χ1n) is 16.8. The van der Waals surface area contributed by atoms with E-state index in [0.29, 0.717) is 18.5 Å². The van der Waals surface area contributed by atoms with Gasteiger partial charge >= 0.3 is 0 Å². The number of carbonyl (C=O) groups is 4. The lowest BCUT2D eigenvalue weighted by Gasteiger charge is -2.36. The van der Waals surface area contributed by atoms with Crippen molar-refractivity contribution in [2.45, 2.75) is 51.6 Å². The van der Waals surface area contributed by atoms with Gasteiger partial charge in [0.25, 0.3) is 5.91 Å². The van der Waals surface area contributed by atoms with E-state index in [4.69, 9.17) is 0 Å². The molecule has 1 N–H and O–H groups in total. The third kappa shape index (κ3) is 7.65. The van der Waals surface area contributed by atoms with Crippen LogP contribution in [0.3, 0.4) is 0 Å². The van der Waals surface area contributed by atoms with Gasteiger partial charge in [0.05, 0.1) is 24.1 Å². The second-order valence-corrected chi connectivity index (χ2v) is 13.8. The van der Waals surface area contributed by atoms with E-state index in [2.05, 4.69) is 5.32 Å². The topological polar surface area (TPSA) is 86.8 Å². The summed E-state index contributed by atoms with van der Waals surface area (Å²) in [6, 6.07) is 31.4. The van der Waals surface area contributed by atoms with Gasteiger partial charge < -0.3 is 15.1 Å². The lowest BCUT2D eigenvalue weighted by molar-refractivity contribution is -0.143. The molecule has 49 heavy (non-hydrogen) atoms. The zero-order chi connectivity index (χ0) is 34.5. The molecule has 0 radical (unpaired) electrons. The Kier molecular flexibility index (Phi) is 10.3. The highest BCUT2D eigenvalue weighted by molar-refractivity contribution is 7.17. The Morgan fingerprint density at radius 2 is 1.55 bits per heavy atom. The predicted octanol–water partition coefficient (Wildman–Crippen LogP) is 6.71. The summed E-state index contributed by atoms with van der Waals surface area (Å²) in [5, 5.41) is 5.86. The van der Waals surface area contributed by atoms with Crippen LogP contribution in [0.2, 0.25) is 0 Å². The van der Waals surface area contributed by atoms with E-state index < -0.39 is 18.0 Å². The Balaban J connectivity index is 1.25. The van der Waals surface area contributed by atoms with Gasteiger partial charge in [0.2, 0.25) is 11.8 Å². The van der Waals surface area contributed by atoms with Gasteiger partial charge in [0.15, 0.2) is 5.78 Å². The first-order valence-corrected chi connectivity index (χ1v) is 17.6. The number of benzene rings is 4. The molecule has 0 saturated carbocycles. The average molecular weight is 672 g/mol. The Bertz CT molecular complexity index is 1970. The van der Waals surface area contributed by atoms with Gasteiger partial charge in [-0.15, -0.1) is 11.3 Å². The number of thiophene rings is 1. The van der Waals surface area contributed by atoms with E-state index in [1.165, 1.54) is 11.3 Å². The van der Waals surface area contributed by atoms with Crippen molar-refractivity contribution in [1.29, 1.82) is 0 Å². The van der Waals surface area contributed by atoms with Gasteiger partial charge in [0.1, 0.15) is 6.04 Å². The molecule has 2 heterocycles. The highest BCUT2D eigenvalue weighted by atomic mass is 32.1. The lowest BCUT2D eigenvalue weighted by Crippen LogP contribution is -2.57. The fraction of sp³-hybridized carbons (Fsp3) is 0.268. The Labute approximate surface area is 291 Å². The second-order valence-electron chi connectivity index (χ2n) is 12.9. The number of hydrogen-bond donors (Lipinski definition) is 1. The summed E-state index contributed by atoms with van der Waals surface area (Å²) >= 11 is 1.51. The van der Waals surface area contributed by atoms with Crippen LogP contribution in [0.1, 0.15) is 57.4 Å². The lowest BCUT2D eigenvalue weighted by atomic mass is 9.89. The van der Waals surface area contributed by atoms with Crippen molar-refractivity contribution >= 4 is 44.9 Å². The van der Waals surface area contributed by atoms with Gasteiger partial charge in [-0.3, -0.25) is 19.2 Å². The number of amides is 3. The Morgan fingerprint density at radius 1 is 0.837 bits per heavy atom. The zero-order valence-corrected chi connectivity index (χ0v) is 28.9. The first-order chi connectivity index (χ1) is 23.7. The van der Waals surface area contributed by atoms with Crippen LogP contribution in [0.5, 0.6) is 0 Å². The van der Waals surface area contributed by atoms with Crippen molar-refractivity contribution < 1.29 is 19.2 Å². The van der Waals surface area contributed by atoms with E-state index in [1.807, 2.05) is 122 Å². The summed E-state index contributed by atoms with van der Waals surface area (Å²) < 4.78 is 1.02. The number of rotatable bonds is 8. The van der Waals surface area contributed by atoms with Gasteiger partial charge in [0, 0.05) is 35.0 Å². The summed E-state index contributed by atoms with van der Waals surface area (Å²) in [5.41, 5.74) is 5.30. The molecule has 5 aromatic rings. The minimum Gasteiger partial charge on any atom is -0.343 e. The normalized spacial score (nSPS) is 16.5.